The van der Waals surface area contributed by atoms with E-state index in [1.807, 2.05) is 13.0 Å². The lowest BCUT2D eigenvalue weighted by Crippen LogP contribution is -2.56. The molecule has 0 N–H and O–H groups in total. The monoisotopic (exact) mass is 442 g/mol. The van der Waals surface area contributed by atoms with Crippen LogP contribution < -0.4 is 10.3 Å². The summed E-state index contributed by atoms with van der Waals surface area (Å²) >= 11 is 12.1. The Morgan fingerprint density at radius 3 is 2.32 bits per heavy atom. The standard InChI is InChI=1S/C19H20Cl2N2O4S/c1-11-5-18(17(21)8-16(11)20)28(25,26)22-9-15(10-22)27-14-6-12(2)23(13-3-4-13)19(24)7-14/h5-8,13,15H,3-4,9-10H2,1-2H3. The Kier molecular flexibility index (Phi) is 4.98. The Bertz CT molecular complexity index is 1100. The van der Waals surface area contributed by atoms with Crippen molar-refractivity contribution < 1.29 is 13.2 Å². The summed E-state index contributed by atoms with van der Waals surface area (Å²) in [5.74, 6) is 0.474. The van der Waals surface area contributed by atoms with Gasteiger partial charge in [0.05, 0.1) is 18.1 Å². The van der Waals surface area contributed by atoms with Crippen molar-refractivity contribution in [3.05, 3.63) is 55.9 Å². The van der Waals surface area contributed by atoms with E-state index in [9.17, 15) is 13.2 Å². The molecule has 2 heterocycles. The third-order valence-corrected chi connectivity index (χ3v) is 7.80. The Morgan fingerprint density at radius 1 is 1.04 bits per heavy atom. The molecule has 2 fully saturated rings. The van der Waals surface area contributed by atoms with Crippen LogP contribution in [0.4, 0.5) is 0 Å². The highest BCUT2D eigenvalue weighted by Crippen LogP contribution is 2.35. The van der Waals surface area contributed by atoms with Crippen molar-refractivity contribution in [2.75, 3.05) is 13.1 Å². The Morgan fingerprint density at radius 2 is 1.71 bits per heavy atom. The van der Waals surface area contributed by atoms with Crippen molar-refractivity contribution in [1.29, 1.82) is 0 Å². The summed E-state index contributed by atoms with van der Waals surface area (Å²) in [5.41, 5.74) is 1.42. The molecular weight excluding hydrogens is 423 g/mol. The smallest absolute Gasteiger partial charge is 0.254 e. The van der Waals surface area contributed by atoms with Crippen molar-refractivity contribution >= 4 is 33.2 Å². The molecule has 1 saturated heterocycles. The van der Waals surface area contributed by atoms with E-state index in [0.29, 0.717) is 22.4 Å². The van der Waals surface area contributed by atoms with Crippen LogP contribution in [-0.2, 0) is 10.0 Å². The van der Waals surface area contributed by atoms with Gasteiger partial charge in [-0.05, 0) is 50.5 Å². The molecule has 0 unspecified atom stereocenters. The maximum atomic E-state index is 12.8. The van der Waals surface area contributed by atoms with E-state index in [2.05, 4.69) is 0 Å². The number of halogens is 2. The molecular formula is C19H20Cl2N2O4S. The quantitative estimate of drug-likeness (QED) is 0.709. The number of aryl methyl sites for hydroxylation is 2. The summed E-state index contributed by atoms with van der Waals surface area (Å²) in [6.45, 7) is 4.01. The molecule has 0 atom stereocenters. The number of pyridine rings is 1. The fourth-order valence-corrected chi connectivity index (χ4v) is 5.69. The molecule has 0 amide bonds. The summed E-state index contributed by atoms with van der Waals surface area (Å²) in [7, 11) is -3.73. The molecule has 0 bridgehead atoms. The number of sulfonamides is 1. The Hall–Kier alpha value is -1.54. The van der Waals surface area contributed by atoms with E-state index in [1.54, 1.807) is 11.5 Å². The molecule has 4 rings (SSSR count). The molecule has 150 valence electrons. The Balaban J connectivity index is 1.46. The molecule has 1 aliphatic carbocycles. The van der Waals surface area contributed by atoms with Crippen LogP contribution in [0.2, 0.25) is 10.0 Å². The van der Waals surface area contributed by atoms with E-state index in [4.69, 9.17) is 27.9 Å². The van der Waals surface area contributed by atoms with Crippen molar-refractivity contribution in [3.8, 4) is 5.75 Å². The predicted molar refractivity (Wildman–Crippen MR) is 108 cm³/mol. The summed E-state index contributed by atoms with van der Waals surface area (Å²) in [5, 5.41) is 0.518. The normalized spacial score (nSPS) is 18.1. The molecule has 6 nitrogen and oxygen atoms in total. The number of rotatable bonds is 5. The summed E-state index contributed by atoms with van der Waals surface area (Å²) < 4.78 is 34.6. The van der Waals surface area contributed by atoms with Crippen molar-refractivity contribution in [2.24, 2.45) is 0 Å². The zero-order chi connectivity index (χ0) is 20.2. The first-order valence-corrected chi connectivity index (χ1v) is 11.2. The minimum absolute atomic E-state index is 0.0393. The molecule has 2 aromatic rings. The number of ether oxygens (including phenoxy) is 1. The molecule has 2 aliphatic rings. The van der Waals surface area contributed by atoms with E-state index >= 15 is 0 Å². The first-order chi connectivity index (χ1) is 13.2. The average molecular weight is 443 g/mol. The van der Waals surface area contributed by atoms with Gasteiger partial charge in [0.2, 0.25) is 10.0 Å². The second-order valence-electron chi connectivity index (χ2n) is 7.37. The van der Waals surface area contributed by atoms with Crippen LogP contribution in [0.3, 0.4) is 0 Å². The van der Waals surface area contributed by atoms with Gasteiger partial charge in [-0.1, -0.05) is 23.2 Å². The van der Waals surface area contributed by atoms with Gasteiger partial charge < -0.3 is 9.30 Å². The van der Waals surface area contributed by atoms with Gasteiger partial charge in [0.25, 0.3) is 5.56 Å². The number of hydrogen-bond donors (Lipinski definition) is 0. The molecule has 1 aliphatic heterocycles. The summed E-state index contributed by atoms with van der Waals surface area (Å²) in [6, 6.07) is 6.53. The molecule has 1 aromatic heterocycles. The number of benzene rings is 1. The van der Waals surface area contributed by atoms with Gasteiger partial charge in [-0.3, -0.25) is 4.79 Å². The third-order valence-electron chi connectivity index (χ3n) is 5.09. The van der Waals surface area contributed by atoms with E-state index in [0.717, 1.165) is 18.5 Å². The van der Waals surface area contributed by atoms with E-state index < -0.39 is 10.0 Å². The van der Waals surface area contributed by atoms with Gasteiger partial charge in [-0.25, -0.2) is 8.42 Å². The van der Waals surface area contributed by atoms with Crippen molar-refractivity contribution in [1.82, 2.24) is 8.87 Å². The van der Waals surface area contributed by atoms with E-state index in [1.165, 1.54) is 22.5 Å². The fourth-order valence-electron chi connectivity index (χ4n) is 3.38. The minimum Gasteiger partial charge on any atom is -0.487 e. The van der Waals surface area contributed by atoms with Crippen molar-refractivity contribution in [3.63, 3.8) is 0 Å². The third kappa shape index (κ3) is 3.56. The molecule has 1 aromatic carbocycles. The van der Waals surface area contributed by atoms with Crippen molar-refractivity contribution in [2.45, 2.75) is 43.7 Å². The maximum Gasteiger partial charge on any atom is 0.254 e. The van der Waals surface area contributed by atoms with Gasteiger partial charge in [-0.2, -0.15) is 4.31 Å². The predicted octanol–water partition coefficient (Wildman–Crippen LogP) is 3.56. The highest BCUT2D eigenvalue weighted by Gasteiger charge is 2.39. The second-order valence-corrected chi connectivity index (χ2v) is 10.1. The lowest BCUT2D eigenvalue weighted by Gasteiger charge is -2.38. The van der Waals surface area contributed by atoms with Crippen LogP contribution in [0.15, 0.2) is 34.0 Å². The lowest BCUT2D eigenvalue weighted by molar-refractivity contribution is 0.0758. The average Bonchev–Trinajstić information content (AvgIpc) is 3.37. The minimum atomic E-state index is -3.73. The van der Waals surface area contributed by atoms with Gasteiger partial charge in [0.15, 0.2) is 0 Å². The topological polar surface area (TPSA) is 68.6 Å². The Labute approximate surface area is 173 Å². The SMILES string of the molecule is Cc1cc(S(=O)(=O)N2CC(Oc3cc(C)n(C4CC4)c(=O)c3)C2)c(Cl)cc1Cl. The molecule has 9 heteroatoms. The lowest BCUT2D eigenvalue weighted by atomic mass is 10.2. The summed E-state index contributed by atoms with van der Waals surface area (Å²) in [6.07, 6.45) is 1.75. The second kappa shape index (κ2) is 7.06. The highest BCUT2D eigenvalue weighted by atomic mass is 35.5. The van der Waals surface area contributed by atoms with Gasteiger partial charge in [0, 0.05) is 22.8 Å². The van der Waals surface area contributed by atoms with Crippen LogP contribution in [0.25, 0.3) is 0 Å². The first kappa shape index (κ1) is 19.8. The first-order valence-electron chi connectivity index (χ1n) is 9.02. The van der Waals surface area contributed by atoms with Crippen LogP contribution in [0, 0.1) is 13.8 Å². The van der Waals surface area contributed by atoms with E-state index in [-0.39, 0.29) is 34.7 Å². The number of hydrogen-bond acceptors (Lipinski definition) is 4. The molecule has 1 saturated carbocycles. The fraction of sp³-hybridized carbons (Fsp3) is 0.421. The molecule has 28 heavy (non-hydrogen) atoms. The van der Waals surface area contributed by atoms with Gasteiger partial charge in [0.1, 0.15) is 16.7 Å². The number of aromatic nitrogens is 1. The largest absolute Gasteiger partial charge is 0.487 e. The van der Waals surface area contributed by atoms with Crippen LogP contribution in [-0.4, -0.2) is 36.5 Å². The molecule has 0 spiro atoms. The zero-order valence-electron chi connectivity index (χ0n) is 15.5. The maximum absolute atomic E-state index is 12.8. The zero-order valence-corrected chi connectivity index (χ0v) is 17.8. The molecule has 0 radical (unpaired) electrons. The van der Waals surface area contributed by atoms with Gasteiger partial charge >= 0.3 is 0 Å². The van der Waals surface area contributed by atoms with Crippen LogP contribution >= 0.6 is 23.2 Å². The number of nitrogens with zero attached hydrogens (tertiary/aromatic N) is 2. The summed E-state index contributed by atoms with van der Waals surface area (Å²) in [4.78, 5) is 12.3. The highest BCUT2D eigenvalue weighted by molar-refractivity contribution is 7.89. The van der Waals surface area contributed by atoms with Crippen LogP contribution in [0.1, 0.15) is 30.1 Å². The van der Waals surface area contributed by atoms with Crippen LogP contribution in [0.5, 0.6) is 5.75 Å². The van der Waals surface area contributed by atoms with Gasteiger partial charge in [-0.15, -0.1) is 0 Å².